The number of aromatic nitrogens is 1. The molecule has 0 saturated carbocycles. The molecule has 0 bridgehead atoms. The third kappa shape index (κ3) is 3.12. The van der Waals surface area contributed by atoms with Crippen molar-refractivity contribution in [2.45, 2.75) is 19.4 Å². The molecule has 2 aromatic rings. The zero-order valence-corrected chi connectivity index (χ0v) is 11.7. The molecule has 0 aromatic carbocycles. The van der Waals surface area contributed by atoms with Crippen molar-refractivity contribution in [3.05, 3.63) is 46.3 Å². The molecule has 1 atom stereocenters. The van der Waals surface area contributed by atoms with Crippen molar-refractivity contribution >= 4 is 23.1 Å². The first-order valence-corrected chi connectivity index (χ1v) is 6.97. The molecule has 19 heavy (non-hydrogen) atoms. The highest BCUT2D eigenvalue weighted by Crippen LogP contribution is 2.26. The number of methoxy groups -OCH3 is 1. The molecule has 100 valence electrons. The highest BCUT2D eigenvalue weighted by molar-refractivity contribution is 7.10. The summed E-state index contributed by atoms with van der Waals surface area (Å²) in [7, 11) is 1.37. The van der Waals surface area contributed by atoms with Gasteiger partial charge in [0, 0.05) is 11.1 Å². The van der Waals surface area contributed by atoms with Gasteiger partial charge in [0.25, 0.3) is 0 Å². The van der Waals surface area contributed by atoms with Gasteiger partial charge in [-0.2, -0.15) is 0 Å². The van der Waals surface area contributed by atoms with Gasteiger partial charge in [0.05, 0.1) is 13.2 Å². The van der Waals surface area contributed by atoms with Crippen molar-refractivity contribution in [1.29, 1.82) is 0 Å². The van der Waals surface area contributed by atoms with Crippen LogP contribution in [0.1, 0.15) is 34.6 Å². The molecule has 0 radical (unpaired) electrons. The van der Waals surface area contributed by atoms with E-state index in [4.69, 9.17) is 4.74 Å². The summed E-state index contributed by atoms with van der Waals surface area (Å²) < 4.78 is 4.77. The van der Waals surface area contributed by atoms with Gasteiger partial charge in [-0.05, 0) is 30.0 Å². The highest BCUT2D eigenvalue weighted by atomic mass is 32.1. The second-order valence-corrected chi connectivity index (χ2v) is 4.99. The average Bonchev–Trinajstić information content (AvgIpc) is 2.98. The predicted octanol–water partition coefficient (Wildman–Crippen LogP) is 3.49. The number of ether oxygens (including phenoxy) is 1. The van der Waals surface area contributed by atoms with E-state index in [0.717, 1.165) is 6.42 Å². The van der Waals surface area contributed by atoms with Crippen LogP contribution in [-0.2, 0) is 4.74 Å². The number of nitrogens with zero attached hydrogens (tertiary/aromatic N) is 1. The van der Waals surface area contributed by atoms with Crippen LogP contribution in [0.5, 0.6) is 0 Å². The molecule has 4 nitrogen and oxygen atoms in total. The minimum atomic E-state index is -0.378. The molecule has 0 amide bonds. The minimum absolute atomic E-state index is 0.151. The molecular weight excluding hydrogens is 260 g/mol. The maximum Gasteiger partial charge on any atom is 0.341 e. The molecule has 0 spiro atoms. The van der Waals surface area contributed by atoms with Crippen LogP contribution in [0.2, 0.25) is 0 Å². The smallest absolute Gasteiger partial charge is 0.341 e. The summed E-state index contributed by atoms with van der Waals surface area (Å²) in [6.45, 7) is 2.10. The first kappa shape index (κ1) is 13.5. The molecule has 0 fully saturated rings. The topological polar surface area (TPSA) is 51.2 Å². The monoisotopic (exact) mass is 276 g/mol. The average molecular weight is 276 g/mol. The van der Waals surface area contributed by atoms with E-state index >= 15 is 0 Å². The van der Waals surface area contributed by atoms with Crippen LogP contribution in [0, 0.1) is 0 Å². The van der Waals surface area contributed by atoms with E-state index in [2.05, 4.69) is 23.3 Å². The van der Waals surface area contributed by atoms with Gasteiger partial charge in [-0.1, -0.05) is 13.0 Å². The number of hydrogen-bond acceptors (Lipinski definition) is 5. The number of hydrogen-bond donors (Lipinski definition) is 1. The fourth-order valence-corrected chi connectivity index (χ4v) is 2.69. The first-order valence-electron chi connectivity index (χ1n) is 6.09. The lowest BCUT2D eigenvalue weighted by atomic mass is 10.1. The molecular formula is C14H16N2O2S. The fraction of sp³-hybridized carbons (Fsp3) is 0.286. The van der Waals surface area contributed by atoms with Gasteiger partial charge in [0.15, 0.2) is 0 Å². The Bertz CT molecular complexity index is 540. The molecule has 5 heteroatoms. The third-order valence-electron chi connectivity index (χ3n) is 2.82. The SMILES string of the molecule is CCC(Nc1ncccc1C(=O)OC)c1cccs1. The van der Waals surface area contributed by atoms with Gasteiger partial charge in [0.1, 0.15) is 11.4 Å². The largest absolute Gasteiger partial charge is 0.465 e. The number of esters is 1. The molecule has 1 unspecified atom stereocenters. The van der Waals surface area contributed by atoms with Gasteiger partial charge >= 0.3 is 5.97 Å². The Labute approximate surface area is 116 Å². The third-order valence-corrected chi connectivity index (χ3v) is 3.80. The summed E-state index contributed by atoms with van der Waals surface area (Å²) in [5, 5.41) is 5.35. The standard InChI is InChI=1S/C14H16N2O2S/c1-3-11(12-7-5-9-19-12)16-13-10(14(17)18-2)6-4-8-15-13/h4-9,11H,3H2,1-2H3,(H,15,16). The van der Waals surface area contributed by atoms with Crippen LogP contribution in [0.4, 0.5) is 5.82 Å². The molecule has 2 aromatic heterocycles. The Hall–Kier alpha value is -1.88. The molecule has 0 aliphatic carbocycles. The number of pyridine rings is 1. The number of carbonyl (C=O) groups excluding carboxylic acids is 1. The van der Waals surface area contributed by atoms with Crippen molar-refractivity contribution in [1.82, 2.24) is 4.98 Å². The Morgan fingerprint density at radius 3 is 2.95 bits per heavy atom. The number of thiophene rings is 1. The van der Waals surface area contributed by atoms with E-state index in [1.54, 1.807) is 29.7 Å². The molecule has 0 aliphatic rings. The van der Waals surface area contributed by atoms with Gasteiger partial charge in [-0.3, -0.25) is 0 Å². The number of anilines is 1. The normalized spacial score (nSPS) is 11.9. The maximum atomic E-state index is 11.7. The van der Waals surface area contributed by atoms with Gasteiger partial charge < -0.3 is 10.1 Å². The van der Waals surface area contributed by atoms with Crippen LogP contribution >= 0.6 is 11.3 Å². The molecule has 1 N–H and O–H groups in total. The second-order valence-electron chi connectivity index (χ2n) is 4.01. The molecule has 0 saturated heterocycles. The summed E-state index contributed by atoms with van der Waals surface area (Å²) >= 11 is 1.69. The molecule has 2 rings (SSSR count). The van der Waals surface area contributed by atoms with Crippen LogP contribution in [0.25, 0.3) is 0 Å². The lowest BCUT2D eigenvalue weighted by molar-refractivity contribution is 0.0601. The van der Waals surface area contributed by atoms with E-state index in [1.807, 2.05) is 11.4 Å². The van der Waals surface area contributed by atoms with Gasteiger partial charge in [-0.25, -0.2) is 9.78 Å². The number of carbonyl (C=O) groups is 1. The highest BCUT2D eigenvalue weighted by Gasteiger charge is 2.16. The maximum absolute atomic E-state index is 11.7. The Kier molecular flexibility index (Phi) is 4.52. The van der Waals surface area contributed by atoms with E-state index in [0.29, 0.717) is 11.4 Å². The summed E-state index contributed by atoms with van der Waals surface area (Å²) in [5.41, 5.74) is 0.458. The van der Waals surface area contributed by atoms with Gasteiger partial charge in [-0.15, -0.1) is 11.3 Å². The van der Waals surface area contributed by atoms with Crippen molar-refractivity contribution < 1.29 is 9.53 Å². The Balaban J connectivity index is 2.25. The lowest BCUT2D eigenvalue weighted by Crippen LogP contribution is -2.14. The molecule has 0 aliphatic heterocycles. The number of rotatable bonds is 5. The Morgan fingerprint density at radius 1 is 1.47 bits per heavy atom. The van der Waals surface area contributed by atoms with Crippen molar-refractivity contribution in [2.75, 3.05) is 12.4 Å². The van der Waals surface area contributed by atoms with Crippen molar-refractivity contribution in [3.8, 4) is 0 Å². The van der Waals surface area contributed by atoms with Crippen LogP contribution in [0.3, 0.4) is 0 Å². The van der Waals surface area contributed by atoms with Crippen LogP contribution < -0.4 is 5.32 Å². The zero-order chi connectivity index (χ0) is 13.7. The van der Waals surface area contributed by atoms with Crippen molar-refractivity contribution in [3.63, 3.8) is 0 Å². The van der Waals surface area contributed by atoms with Crippen LogP contribution in [-0.4, -0.2) is 18.1 Å². The van der Waals surface area contributed by atoms with Crippen LogP contribution in [0.15, 0.2) is 35.8 Å². The van der Waals surface area contributed by atoms with E-state index in [9.17, 15) is 4.79 Å². The summed E-state index contributed by atoms with van der Waals surface area (Å²) in [4.78, 5) is 17.2. The fourth-order valence-electron chi connectivity index (χ4n) is 1.82. The first-order chi connectivity index (χ1) is 9.26. The second kappa shape index (κ2) is 6.33. The molecule has 2 heterocycles. The van der Waals surface area contributed by atoms with Gasteiger partial charge in [0.2, 0.25) is 0 Å². The number of nitrogens with one attached hydrogen (secondary N) is 1. The lowest BCUT2D eigenvalue weighted by Gasteiger charge is -2.17. The predicted molar refractivity (Wildman–Crippen MR) is 76.6 cm³/mol. The summed E-state index contributed by atoms with van der Waals surface area (Å²) in [6, 6.07) is 7.68. The minimum Gasteiger partial charge on any atom is -0.465 e. The summed E-state index contributed by atoms with van der Waals surface area (Å²) in [5.74, 6) is 0.186. The van der Waals surface area contributed by atoms with E-state index in [1.165, 1.54) is 12.0 Å². The zero-order valence-electron chi connectivity index (χ0n) is 10.9. The Morgan fingerprint density at radius 2 is 2.32 bits per heavy atom. The summed E-state index contributed by atoms with van der Waals surface area (Å²) in [6.07, 6.45) is 2.58. The quantitative estimate of drug-likeness (QED) is 0.849. The van der Waals surface area contributed by atoms with E-state index < -0.39 is 0 Å². The van der Waals surface area contributed by atoms with E-state index in [-0.39, 0.29) is 12.0 Å². The van der Waals surface area contributed by atoms with Crippen molar-refractivity contribution in [2.24, 2.45) is 0 Å².